The topological polar surface area (TPSA) is 84.5 Å². The standard InChI is InChI=1S/C22H16N2O4/c1-13-5-2-3-8-17(13)20(25)23-14-6-4-7-15(11-14)28-16-9-10-18-19(12-16)22(27)24-21(18)26/h2-12H,1H3,(H,23,25)(H,24,26,27). The fourth-order valence-corrected chi connectivity index (χ4v) is 3.01. The average Bonchev–Trinajstić information content (AvgIpc) is 2.96. The van der Waals surface area contributed by atoms with Crippen molar-refractivity contribution in [1.82, 2.24) is 5.32 Å². The number of ether oxygens (including phenoxy) is 1. The highest BCUT2D eigenvalue weighted by Gasteiger charge is 2.26. The van der Waals surface area contributed by atoms with Gasteiger partial charge in [0, 0.05) is 17.3 Å². The van der Waals surface area contributed by atoms with E-state index >= 15 is 0 Å². The maximum atomic E-state index is 12.5. The van der Waals surface area contributed by atoms with Crippen LogP contribution in [-0.2, 0) is 0 Å². The molecule has 3 amide bonds. The number of nitrogens with one attached hydrogen (secondary N) is 2. The molecule has 6 heteroatoms. The lowest BCUT2D eigenvalue weighted by Gasteiger charge is -2.10. The van der Waals surface area contributed by atoms with Crippen LogP contribution < -0.4 is 15.4 Å². The zero-order valence-electron chi connectivity index (χ0n) is 15.0. The molecule has 2 N–H and O–H groups in total. The van der Waals surface area contributed by atoms with E-state index < -0.39 is 11.8 Å². The molecule has 1 aliphatic heterocycles. The molecule has 3 aromatic rings. The van der Waals surface area contributed by atoms with Crippen molar-refractivity contribution in [1.29, 1.82) is 0 Å². The summed E-state index contributed by atoms with van der Waals surface area (Å²) in [5.41, 5.74) is 2.68. The third-order valence-electron chi connectivity index (χ3n) is 4.42. The van der Waals surface area contributed by atoms with Gasteiger partial charge in [-0.1, -0.05) is 24.3 Å². The second kappa shape index (κ2) is 7.00. The van der Waals surface area contributed by atoms with E-state index in [1.165, 1.54) is 6.07 Å². The normalized spacial score (nSPS) is 12.3. The Labute approximate surface area is 161 Å². The van der Waals surface area contributed by atoms with Gasteiger partial charge in [0.25, 0.3) is 17.7 Å². The molecule has 0 bridgehead atoms. The number of rotatable bonds is 4. The molecule has 6 nitrogen and oxygen atoms in total. The first kappa shape index (κ1) is 17.5. The zero-order valence-corrected chi connectivity index (χ0v) is 15.0. The van der Waals surface area contributed by atoms with Gasteiger partial charge < -0.3 is 10.1 Å². The Morgan fingerprint density at radius 3 is 2.43 bits per heavy atom. The lowest BCUT2D eigenvalue weighted by Crippen LogP contribution is -2.19. The Morgan fingerprint density at radius 2 is 1.61 bits per heavy atom. The van der Waals surface area contributed by atoms with Crippen LogP contribution in [0.1, 0.15) is 36.6 Å². The fourth-order valence-electron chi connectivity index (χ4n) is 3.01. The van der Waals surface area contributed by atoms with E-state index in [2.05, 4.69) is 10.6 Å². The van der Waals surface area contributed by atoms with Crippen LogP contribution in [0.4, 0.5) is 5.69 Å². The number of anilines is 1. The maximum absolute atomic E-state index is 12.5. The van der Waals surface area contributed by atoms with Gasteiger partial charge in [-0.2, -0.15) is 0 Å². The highest BCUT2D eigenvalue weighted by atomic mass is 16.5. The summed E-state index contributed by atoms with van der Waals surface area (Å²) in [6.45, 7) is 1.88. The lowest BCUT2D eigenvalue weighted by molar-refractivity contribution is 0.0878. The Hall–Kier alpha value is -3.93. The first-order valence-electron chi connectivity index (χ1n) is 8.66. The van der Waals surface area contributed by atoms with Gasteiger partial charge in [-0.3, -0.25) is 19.7 Å². The highest BCUT2D eigenvalue weighted by molar-refractivity contribution is 6.21. The van der Waals surface area contributed by atoms with Gasteiger partial charge in [0.2, 0.25) is 0 Å². The van der Waals surface area contributed by atoms with Crippen molar-refractivity contribution in [3.63, 3.8) is 0 Å². The molecule has 0 spiro atoms. The number of carbonyl (C=O) groups is 3. The largest absolute Gasteiger partial charge is 0.457 e. The molecule has 1 heterocycles. The minimum Gasteiger partial charge on any atom is -0.457 e. The molecule has 4 rings (SSSR count). The fraction of sp³-hybridized carbons (Fsp3) is 0.0455. The van der Waals surface area contributed by atoms with E-state index in [0.29, 0.717) is 28.3 Å². The van der Waals surface area contributed by atoms with E-state index in [9.17, 15) is 14.4 Å². The van der Waals surface area contributed by atoms with Crippen molar-refractivity contribution in [3.05, 3.63) is 89.0 Å². The monoisotopic (exact) mass is 372 g/mol. The van der Waals surface area contributed by atoms with E-state index in [0.717, 1.165) is 5.56 Å². The van der Waals surface area contributed by atoms with E-state index in [4.69, 9.17) is 4.74 Å². The summed E-state index contributed by atoms with van der Waals surface area (Å²) < 4.78 is 5.80. The summed E-state index contributed by atoms with van der Waals surface area (Å²) in [6.07, 6.45) is 0. The van der Waals surface area contributed by atoms with Gasteiger partial charge in [0.05, 0.1) is 11.1 Å². The van der Waals surface area contributed by atoms with Gasteiger partial charge in [0.1, 0.15) is 11.5 Å². The molecule has 0 aliphatic carbocycles. The number of imide groups is 1. The average molecular weight is 372 g/mol. The number of benzene rings is 3. The third kappa shape index (κ3) is 3.35. The molecule has 0 saturated carbocycles. The maximum Gasteiger partial charge on any atom is 0.259 e. The molecule has 0 aromatic heterocycles. The first-order valence-corrected chi connectivity index (χ1v) is 8.66. The second-order valence-corrected chi connectivity index (χ2v) is 6.39. The summed E-state index contributed by atoms with van der Waals surface area (Å²) in [4.78, 5) is 35.9. The van der Waals surface area contributed by atoms with Gasteiger partial charge in [-0.05, 0) is 48.9 Å². The van der Waals surface area contributed by atoms with Crippen molar-refractivity contribution in [3.8, 4) is 11.5 Å². The first-order chi connectivity index (χ1) is 13.5. The van der Waals surface area contributed by atoms with E-state index in [1.807, 2.05) is 25.1 Å². The number of carbonyl (C=O) groups excluding carboxylic acids is 3. The molecule has 3 aromatic carbocycles. The summed E-state index contributed by atoms with van der Waals surface area (Å²) >= 11 is 0. The van der Waals surface area contributed by atoms with Crippen LogP contribution in [0.25, 0.3) is 0 Å². The summed E-state index contributed by atoms with van der Waals surface area (Å²) in [6, 6.07) is 19.0. The Morgan fingerprint density at radius 1 is 0.857 bits per heavy atom. The molecule has 1 aliphatic rings. The SMILES string of the molecule is Cc1ccccc1C(=O)Nc1cccc(Oc2ccc3c(c2)C(=O)NC3=O)c1. The number of fused-ring (bicyclic) bond motifs is 1. The van der Waals surface area contributed by atoms with Crippen molar-refractivity contribution in [2.24, 2.45) is 0 Å². The van der Waals surface area contributed by atoms with E-state index in [1.54, 1.807) is 42.5 Å². The number of hydrogen-bond donors (Lipinski definition) is 2. The molecule has 0 radical (unpaired) electrons. The van der Waals surface area contributed by atoms with Crippen LogP contribution in [0.3, 0.4) is 0 Å². The van der Waals surface area contributed by atoms with Crippen molar-refractivity contribution >= 4 is 23.4 Å². The molecule has 0 saturated heterocycles. The van der Waals surface area contributed by atoms with Crippen LogP contribution in [0.5, 0.6) is 11.5 Å². The zero-order chi connectivity index (χ0) is 19.7. The summed E-state index contributed by atoms with van der Waals surface area (Å²) in [5.74, 6) is -0.140. The molecule has 0 unspecified atom stereocenters. The second-order valence-electron chi connectivity index (χ2n) is 6.39. The highest BCUT2D eigenvalue weighted by Crippen LogP contribution is 2.28. The predicted octanol–water partition coefficient (Wildman–Crippen LogP) is 3.92. The van der Waals surface area contributed by atoms with Crippen LogP contribution in [0.15, 0.2) is 66.7 Å². The smallest absolute Gasteiger partial charge is 0.259 e. The Balaban J connectivity index is 1.53. The molecule has 0 fully saturated rings. The number of hydrogen-bond acceptors (Lipinski definition) is 4. The summed E-state index contributed by atoms with van der Waals surface area (Å²) in [5, 5.41) is 5.10. The minimum atomic E-state index is -0.440. The van der Waals surface area contributed by atoms with Gasteiger partial charge >= 0.3 is 0 Å². The van der Waals surface area contributed by atoms with Crippen LogP contribution in [-0.4, -0.2) is 17.7 Å². The predicted molar refractivity (Wildman–Crippen MR) is 104 cm³/mol. The van der Waals surface area contributed by atoms with Crippen LogP contribution in [0.2, 0.25) is 0 Å². The lowest BCUT2D eigenvalue weighted by atomic mass is 10.1. The quantitative estimate of drug-likeness (QED) is 0.680. The van der Waals surface area contributed by atoms with Gasteiger partial charge in [0.15, 0.2) is 0 Å². The van der Waals surface area contributed by atoms with Crippen LogP contribution in [0, 0.1) is 6.92 Å². The third-order valence-corrected chi connectivity index (χ3v) is 4.42. The molecule has 138 valence electrons. The van der Waals surface area contributed by atoms with Crippen molar-refractivity contribution in [2.75, 3.05) is 5.32 Å². The molecule has 0 atom stereocenters. The van der Waals surface area contributed by atoms with Gasteiger partial charge in [-0.15, -0.1) is 0 Å². The molecular formula is C22H16N2O4. The van der Waals surface area contributed by atoms with Crippen molar-refractivity contribution in [2.45, 2.75) is 6.92 Å². The van der Waals surface area contributed by atoms with E-state index in [-0.39, 0.29) is 11.5 Å². The van der Waals surface area contributed by atoms with Gasteiger partial charge in [-0.25, -0.2) is 0 Å². The molecule has 28 heavy (non-hydrogen) atoms. The number of aryl methyl sites for hydroxylation is 1. The molecular weight excluding hydrogens is 356 g/mol. The number of amides is 3. The van der Waals surface area contributed by atoms with Crippen molar-refractivity contribution < 1.29 is 19.1 Å². The minimum absolute atomic E-state index is 0.206. The Kier molecular flexibility index (Phi) is 4.37. The Bertz CT molecular complexity index is 1120. The summed E-state index contributed by atoms with van der Waals surface area (Å²) in [7, 11) is 0. The van der Waals surface area contributed by atoms with Crippen LogP contribution >= 0.6 is 0 Å².